The summed E-state index contributed by atoms with van der Waals surface area (Å²) in [7, 11) is 1.65. The number of rotatable bonds is 2. The van der Waals surface area contributed by atoms with Crippen LogP contribution in [0.15, 0.2) is 0 Å². The van der Waals surface area contributed by atoms with E-state index in [-0.39, 0.29) is 18.9 Å². The topological polar surface area (TPSA) is 55.6 Å². The van der Waals surface area contributed by atoms with E-state index in [1.807, 2.05) is 0 Å². The van der Waals surface area contributed by atoms with Crippen molar-refractivity contribution in [1.29, 1.82) is 0 Å². The first-order valence-electron chi connectivity index (χ1n) is 3.93. The lowest BCUT2D eigenvalue weighted by atomic mass is 9.88. The summed E-state index contributed by atoms with van der Waals surface area (Å²) in [4.78, 5) is 0. The van der Waals surface area contributed by atoms with Crippen LogP contribution >= 0.6 is 0 Å². The van der Waals surface area contributed by atoms with Crippen LogP contribution in [0, 0.1) is 0 Å². The number of aromatic nitrogens is 4. The Balaban J connectivity index is 1.91. The Hall–Kier alpha value is -1.27. The Kier molecular flexibility index (Phi) is 1.67. The summed E-state index contributed by atoms with van der Waals surface area (Å²) >= 11 is 0. The van der Waals surface area contributed by atoms with Crippen molar-refractivity contribution in [3.8, 4) is 0 Å². The maximum Gasteiger partial charge on any atom is 0.252 e. The first-order valence-corrected chi connectivity index (χ1v) is 3.93. The standard InChI is InChI=1S/C6H9F2N5/c1-13-5(10-11-12-13)9-4-2-6(7,8)3-4/h4H,2-3H2,1H3,(H,9,10,12). The summed E-state index contributed by atoms with van der Waals surface area (Å²) in [6.07, 6.45) is -0.278. The van der Waals surface area contributed by atoms with E-state index in [2.05, 4.69) is 20.8 Å². The zero-order valence-corrected chi connectivity index (χ0v) is 7.04. The lowest BCUT2D eigenvalue weighted by molar-refractivity contribution is -0.0795. The van der Waals surface area contributed by atoms with Crippen molar-refractivity contribution >= 4 is 5.95 Å². The van der Waals surface area contributed by atoms with Gasteiger partial charge in [0.15, 0.2) is 0 Å². The van der Waals surface area contributed by atoms with Crippen LogP contribution in [0.25, 0.3) is 0 Å². The van der Waals surface area contributed by atoms with Gasteiger partial charge in [-0.2, -0.15) is 0 Å². The van der Waals surface area contributed by atoms with Crippen molar-refractivity contribution in [2.75, 3.05) is 5.32 Å². The van der Waals surface area contributed by atoms with Crippen LogP contribution in [0.2, 0.25) is 0 Å². The van der Waals surface area contributed by atoms with Gasteiger partial charge in [0.1, 0.15) is 0 Å². The fourth-order valence-corrected chi connectivity index (χ4v) is 1.30. The SMILES string of the molecule is Cn1nnnc1NC1CC(F)(F)C1. The van der Waals surface area contributed by atoms with Crippen LogP contribution in [0.4, 0.5) is 14.7 Å². The molecule has 7 heteroatoms. The number of hydrogen-bond acceptors (Lipinski definition) is 4. The molecule has 1 aromatic heterocycles. The zero-order chi connectivity index (χ0) is 9.47. The van der Waals surface area contributed by atoms with E-state index >= 15 is 0 Å². The van der Waals surface area contributed by atoms with Crippen LogP contribution in [0.5, 0.6) is 0 Å². The van der Waals surface area contributed by atoms with Gasteiger partial charge in [0.2, 0.25) is 5.95 Å². The number of nitrogens with zero attached hydrogens (tertiary/aromatic N) is 4. The molecule has 0 atom stereocenters. The highest BCUT2D eigenvalue weighted by Crippen LogP contribution is 2.38. The third kappa shape index (κ3) is 1.58. The van der Waals surface area contributed by atoms with E-state index in [1.54, 1.807) is 7.05 Å². The van der Waals surface area contributed by atoms with Crippen LogP contribution in [-0.2, 0) is 7.05 Å². The summed E-state index contributed by atoms with van der Waals surface area (Å²) in [5.74, 6) is -2.08. The molecule has 0 aliphatic heterocycles. The van der Waals surface area contributed by atoms with E-state index < -0.39 is 5.92 Å². The number of aryl methyl sites for hydroxylation is 1. The number of alkyl halides is 2. The first kappa shape index (κ1) is 8.33. The monoisotopic (exact) mass is 189 g/mol. The summed E-state index contributed by atoms with van der Waals surface area (Å²) in [5.41, 5.74) is 0. The minimum Gasteiger partial charge on any atom is -0.350 e. The second kappa shape index (κ2) is 2.61. The lowest BCUT2D eigenvalue weighted by Gasteiger charge is -2.35. The predicted molar refractivity (Wildman–Crippen MR) is 40.4 cm³/mol. The molecule has 0 spiro atoms. The molecule has 0 unspecified atom stereocenters. The second-order valence-electron chi connectivity index (χ2n) is 3.23. The van der Waals surface area contributed by atoms with Crippen molar-refractivity contribution in [3.63, 3.8) is 0 Å². The van der Waals surface area contributed by atoms with E-state index in [4.69, 9.17) is 0 Å². The molecule has 1 aliphatic rings. The summed E-state index contributed by atoms with van der Waals surface area (Å²) in [6.45, 7) is 0. The van der Waals surface area contributed by atoms with Gasteiger partial charge >= 0.3 is 0 Å². The fraction of sp³-hybridized carbons (Fsp3) is 0.833. The average Bonchev–Trinajstić information content (AvgIpc) is 2.33. The molecular weight excluding hydrogens is 180 g/mol. The number of halogens is 2. The Morgan fingerprint density at radius 2 is 2.23 bits per heavy atom. The third-order valence-corrected chi connectivity index (χ3v) is 2.04. The minimum absolute atomic E-state index is 0.139. The minimum atomic E-state index is -2.51. The summed E-state index contributed by atoms with van der Waals surface area (Å²) in [6, 6.07) is -0.209. The van der Waals surface area contributed by atoms with E-state index in [0.29, 0.717) is 5.95 Å². The zero-order valence-electron chi connectivity index (χ0n) is 7.04. The molecule has 5 nitrogen and oxygen atoms in total. The van der Waals surface area contributed by atoms with Crippen LogP contribution in [0.1, 0.15) is 12.8 Å². The van der Waals surface area contributed by atoms with Gasteiger partial charge in [-0.3, -0.25) is 0 Å². The van der Waals surface area contributed by atoms with E-state index in [0.717, 1.165) is 0 Å². The molecule has 1 saturated carbocycles. The molecule has 1 aromatic rings. The first-order chi connectivity index (χ1) is 6.07. The molecule has 0 saturated heterocycles. The summed E-state index contributed by atoms with van der Waals surface area (Å²) in [5, 5.41) is 13.4. The number of hydrogen-bond donors (Lipinski definition) is 1. The van der Waals surface area contributed by atoms with Crippen molar-refractivity contribution in [2.24, 2.45) is 7.05 Å². The molecule has 1 fully saturated rings. The van der Waals surface area contributed by atoms with Gasteiger partial charge < -0.3 is 5.32 Å². The molecule has 0 aromatic carbocycles. The van der Waals surface area contributed by atoms with Crippen molar-refractivity contribution in [1.82, 2.24) is 20.2 Å². The maximum atomic E-state index is 12.4. The highest BCUT2D eigenvalue weighted by molar-refractivity contribution is 5.25. The van der Waals surface area contributed by atoms with Gasteiger partial charge in [0.25, 0.3) is 5.92 Å². The molecule has 0 amide bonds. The van der Waals surface area contributed by atoms with Crippen molar-refractivity contribution < 1.29 is 8.78 Å². The molecule has 13 heavy (non-hydrogen) atoms. The van der Waals surface area contributed by atoms with Crippen molar-refractivity contribution in [3.05, 3.63) is 0 Å². The predicted octanol–water partition coefficient (Wildman–Crippen LogP) is 0.420. The molecule has 0 bridgehead atoms. The van der Waals surface area contributed by atoms with Gasteiger partial charge in [0.05, 0.1) is 0 Å². The Labute approximate surface area is 73.1 Å². The third-order valence-electron chi connectivity index (χ3n) is 2.04. The van der Waals surface area contributed by atoms with Gasteiger partial charge in [-0.25, -0.2) is 13.5 Å². The second-order valence-corrected chi connectivity index (χ2v) is 3.23. The van der Waals surface area contributed by atoms with Crippen LogP contribution in [-0.4, -0.2) is 32.2 Å². The molecule has 0 radical (unpaired) electrons. The van der Waals surface area contributed by atoms with E-state index in [9.17, 15) is 8.78 Å². The normalized spacial score (nSPS) is 21.2. The number of tetrazole rings is 1. The fourth-order valence-electron chi connectivity index (χ4n) is 1.30. The quantitative estimate of drug-likeness (QED) is 0.732. The lowest BCUT2D eigenvalue weighted by Crippen LogP contribution is -2.44. The molecule has 1 heterocycles. The van der Waals surface area contributed by atoms with Gasteiger partial charge in [-0.1, -0.05) is 5.10 Å². The molecule has 2 rings (SSSR count). The Morgan fingerprint density at radius 1 is 1.54 bits per heavy atom. The number of nitrogens with one attached hydrogen (secondary N) is 1. The van der Waals surface area contributed by atoms with Gasteiger partial charge in [-0.05, 0) is 10.4 Å². The molecule has 72 valence electrons. The van der Waals surface area contributed by atoms with Crippen molar-refractivity contribution in [2.45, 2.75) is 24.8 Å². The largest absolute Gasteiger partial charge is 0.350 e. The van der Waals surface area contributed by atoms with E-state index in [1.165, 1.54) is 4.68 Å². The highest BCUT2D eigenvalue weighted by Gasteiger charge is 2.45. The average molecular weight is 189 g/mol. The number of anilines is 1. The Bertz CT molecular complexity index is 302. The summed E-state index contributed by atoms with van der Waals surface area (Å²) < 4.78 is 26.3. The molecule has 1 aliphatic carbocycles. The van der Waals surface area contributed by atoms with Crippen LogP contribution in [0.3, 0.4) is 0 Å². The van der Waals surface area contributed by atoms with Gasteiger partial charge in [-0.15, -0.1) is 0 Å². The smallest absolute Gasteiger partial charge is 0.252 e. The Morgan fingerprint density at radius 3 is 2.69 bits per heavy atom. The van der Waals surface area contributed by atoms with Gasteiger partial charge in [0, 0.05) is 25.9 Å². The molecule has 1 N–H and O–H groups in total. The van der Waals surface area contributed by atoms with Crippen LogP contribution < -0.4 is 5.32 Å². The molecular formula is C6H9F2N5. The highest BCUT2D eigenvalue weighted by atomic mass is 19.3. The maximum absolute atomic E-state index is 12.4.